The lowest BCUT2D eigenvalue weighted by Crippen LogP contribution is -1.93. The molecule has 11 aromatic rings. The number of hydrogen-bond donors (Lipinski definition) is 0. The van der Waals surface area contributed by atoms with Gasteiger partial charge in [-0.05, 0) is 112 Å². The predicted octanol–water partition coefficient (Wildman–Crippen LogP) is 14.8. The Kier molecular flexibility index (Phi) is 9.21. The second-order valence-corrected chi connectivity index (χ2v) is 15.1. The first kappa shape index (κ1) is 35.0. The second-order valence-electron chi connectivity index (χ2n) is 15.1. The molecule has 276 valence electrons. The van der Waals surface area contributed by atoms with E-state index in [1.54, 1.807) is 0 Å². The van der Waals surface area contributed by atoms with E-state index in [9.17, 15) is 0 Å². The Morgan fingerprint density at radius 3 is 1.59 bits per heavy atom. The molecule has 9 aromatic carbocycles. The molecule has 0 saturated heterocycles. The smallest absolute Gasteiger partial charge is 0.0548 e. The molecule has 0 fully saturated rings. The van der Waals surface area contributed by atoms with Crippen LogP contribution in [0.1, 0.15) is 16.7 Å². The number of aryl methyl sites for hydroxylation is 1. The van der Waals surface area contributed by atoms with Crippen LogP contribution in [0.2, 0.25) is 0 Å². The Morgan fingerprint density at radius 1 is 0.345 bits per heavy atom. The van der Waals surface area contributed by atoms with Gasteiger partial charge in [0.05, 0.1) is 16.6 Å². The molecule has 0 radical (unpaired) electrons. The summed E-state index contributed by atoms with van der Waals surface area (Å²) < 4.78 is 4.69. The molecule has 0 spiro atoms. The highest BCUT2D eigenvalue weighted by Gasteiger charge is 2.16. The maximum Gasteiger partial charge on any atom is 0.0548 e. The number of benzene rings is 9. The number of aromatic nitrogens is 2. The fraction of sp³-hybridized carbons (Fsp3) is 0.0357. The quantitative estimate of drug-likeness (QED) is 0.161. The van der Waals surface area contributed by atoms with Crippen molar-refractivity contribution in [2.75, 3.05) is 0 Å². The van der Waals surface area contributed by atoms with Gasteiger partial charge >= 0.3 is 0 Å². The van der Waals surface area contributed by atoms with Crippen LogP contribution < -0.4 is 0 Å². The van der Waals surface area contributed by atoms with Crippen molar-refractivity contribution in [3.05, 3.63) is 241 Å². The van der Waals surface area contributed by atoms with Crippen molar-refractivity contribution < 1.29 is 0 Å². The third-order valence-corrected chi connectivity index (χ3v) is 11.3. The van der Waals surface area contributed by atoms with Gasteiger partial charge < -0.3 is 9.13 Å². The van der Waals surface area contributed by atoms with Gasteiger partial charge in [-0.2, -0.15) is 0 Å². The molecule has 0 atom stereocenters. The number of fused-ring (bicyclic) bond motifs is 5. The summed E-state index contributed by atoms with van der Waals surface area (Å²) in [5, 5.41) is 6.38. The molecule has 2 heterocycles. The molecule has 0 unspecified atom stereocenters. The van der Waals surface area contributed by atoms with Gasteiger partial charge in [0.15, 0.2) is 0 Å². The summed E-state index contributed by atoms with van der Waals surface area (Å²) >= 11 is 0. The average Bonchev–Trinajstić information content (AvgIpc) is 3.85. The zero-order chi connectivity index (χ0) is 38.8. The van der Waals surface area contributed by atoms with Gasteiger partial charge in [0.2, 0.25) is 0 Å². The van der Waals surface area contributed by atoms with Crippen molar-refractivity contribution >= 4 is 43.5 Å². The van der Waals surface area contributed by atoms with Crippen LogP contribution in [-0.4, -0.2) is 9.13 Å². The molecule has 2 aromatic heterocycles. The maximum absolute atomic E-state index is 2.40. The summed E-state index contributed by atoms with van der Waals surface area (Å²) in [6.45, 7) is 2.12. The lowest BCUT2D eigenvalue weighted by atomic mass is 9.98. The molecule has 0 aliphatic rings. The minimum atomic E-state index is 0.913. The van der Waals surface area contributed by atoms with E-state index in [2.05, 4.69) is 241 Å². The topological polar surface area (TPSA) is 9.86 Å². The lowest BCUT2D eigenvalue weighted by Gasteiger charge is -2.09. The molecule has 0 aliphatic carbocycles. The Balaban J connectivity index is 0.000000320. The fourth-order valence-electron chi connectivity index (χ4n) is 8.30. The van der Waals surface area contributed by atoms with Crippen LogP contribution in [0, 0.1) is 6.92 Å². The molecule has 0 saturated carbocycles. The van der Waals surface area contributed by atoms with Crippen LogP contribution in [0.4, 0.5) is 0 Å². The van der Waals surface area contributed by atoms with Gasteiger partial charge in [0.25, 0.3) is 0 Å². The molecule has 0 N–H and O–H groups in total. The van der Waals surface area contributed by atoms with E-state index in [4.69, 9.17) is 0 Å². The zero-order valence-electron chi connectivity index (χ0n) is 32.5. The first-order chi connectivity index (χ1) is 28.6. The van der Waals surface area contributed by atoms with Crippen LogP contribution >= 0.6 is 0 Å². The first-order valence-corrected chi connectivity index (χ1v) is 20.0. The minimum Gasteiger partial charge on any atom is -0.317 e. The van der Waals surface area contributed by atoms with Gasteiger partial charge in [0.1, 0.15) is 0 Å². The number of rotatable bonds is 6. The molecule has 58 heavy (non-hydrogen) atoms. The summed E-state index contributed by atoms with van der Waals surface area (Å²) in [4.78, 5) is 0. The summed E-state index contributed by atoms with van der Waals surface area (Å²) in [5.41, 5.74) is 14.9. The van der Waals surface area contributed by atoms with E-state index in [1.165, 1.54) is 93.8 Å². The highest BCUT2D eigenvalue weighted by atomic mass is 15.0. The van der Waals surface area contributed by atoms with E-state index in [0.717, 1.165) is 6.42 Å². The van der Waals surface area contributed by atoms with Gasteiger partial charge in [-0.25, -0.2) is 0 Å². The molecule has 11 rings (SSSR count). The fourth-order valence-corrected chi connectivity index (χ4v) is 8.30. The van der Waals surface area contributed by atoms with Crippen LogP contribution in [0.15, 0.2) is 225 Å². The van der Waals surface area contributed by atoms with E-state index in [1.807, 2.05) is 0 Å². The lowest BCUT2D eigenvalue weighted by molar-refractivity contribution is 1.13. The summed E-state index contributed by atoms with van der Waals surface area (Å²) in [5.74, 6) is 0. The van der Waals surface area contributed by atoms with Crippen LogP contribution in [0.25, 0.3) is 77.1 Å². The van der Waals surface area contributed by atoms with Gasteiger partial charge in [0, 0.05) is 33.7 Å². The van der Waals surface area contributed by atoms with Crippen molar-refractivity contribution in [3.63, 3.8) is 0 Å². The Hall–Kier alpha value is -7.42. The second kappa shape index (κ2) is 15.3. The maximum atomic E-state index is 2.40. The summed E-state index contributed by atoms with van der Waals surface area (Å²) in [6.07, 6.45) is 3.09. The van der Waals surface area contributed by atoms with Gasteiger partial charge in [-0.3, -0.25) is 0 Å². The largest absolute Gasteiger partial charge is 0.317 e. The zero-order valence-corrected chi connectivity index (χ0v) is 32.5. The summed E-state index contributed by atoms with van der Waals surface area (Å²) in [6, 6.07) is 78.7. The molecule has 2 heteroatoms. The number of hydrogen-bond acceptors (Lipinski definition) is 0. The molecular formula is C56H42N2. The Morgan fingerprint density at radius 2 is 0.897 bits per heavy atom. The average molecular weight is 743 g/mol. The number of nitrogens with zero attached hydrogens (tertiary/aromatic N) is 2. The third kappa shape index (κ3) is 6.86. The van der Waals surface area contributed by atoms with Crippen LogP contribution in [0.5, 0.6) is 0 Å². The van der Waals surface area contributed by atoms with Crippen LogP contribution in [0.3, 0.4) is 0 Å². The Bertz CT molecular complexity index is 3150. The number of para-hydroxylation sites is 2. The highest BCUT2D eigenvalue weighted by molar-refractivity contribution is 6.14. The molecule has 0 amide bonds. The van der Waals surface area contributed by atoms with Crippen molar-refractivity contribution in [3.8, 4) is 33.6 Å². The SMILES string of the molecule is Cc1ccc2ccccc2c1.c1ccc(-c2ccc(Cc3ccc(-c4ccc5c(c4)c4cc6c(ccn6-c6ccccc6)cc4n5-c4ccccc4)cc3)cc2)cc1. The molecular weight excluding hydrogens is 701 g/mol. The third-order valence-electron chi connectivity index (χ3n) is 11.3. The minimum absolute atomic E-state index is 0.913. The van der Waals surface area contributed by atoms with E-state index in [-0.39, 0.29) is 0 Å². The standard InChI is InChI=1S/C45H32N2.C11H10/c1-4-10-34(11-5-1)35-20-16-32(17-21-35)28-33-18-22-36(23-19-33)37-24-25-43-41(29-37)42-31-44-38(26-27-46(44)39-12-6-2-7-13-39)30-45(42)47(43)40-14-8-3-9-15-40;1-9-6-7-10-4-2-3-5-11(10)8-9/h1-27,29-31H,28H2;2-8H,1H3. The van der Waals surface area contributed by atoms with E-state index in [0.29, 0.717) is 0 Å². The molecule has 2 nitrogen and oxygen atoms in total. The Labute approximate surface area is 339 Å². The monoisotopic (exact) mass is 742 g/mol. The first-order valence-electron chi connectivity index (χ1n) is 20.0. The molecule has 0 bridgehead atoms. The van der Waals surface area contributed by atoms with Crippen LogP contribution in [-0.2, 0) is 6.42 Å². The van der Waals surface area contributed by atoms with E-state index >= 15 is 0 Å². The van der Waals surface area contributed by atoms with Crippen molar-refractivity contribution in [2.24, 2.45) is 0 Å². The molecule has 0 aliphatic heterocycles. The van der Waals surface area contributed by atoms with Gasteiger partial charge in [-0.15, -0.1) is 0 Å². The highest BCUT2D eigenvalue weighted by Crippen LogP contribution is 2.38. The van der Waals surface area contributed by atoms with Gasteiger partial charge in [-0.1, -0.05) is 169 Å². The van der Waals surface area contributed by atoms with Crippen molar-refractivity contribution in [1.82, 2.24) is 9.13 Å². The summed E-state index contributed by atoms with van der Waals surface area (Å²) in [7, 11) is 0. The van der Waals surface area contributed by atoms with Crippen molar-refractivity contribution in [2.45, 2.75) is 13.3 Å². The van der Waals surface area contributed by atoms with E-state index < -0.39 is 0 Å². The predicted molar refractivity (Wildman–Crippen MR) is 246 cm³/mol. The van der Waals surface area contributed by atoms with Crippen molar-refractivity contribution in [1.29, 1.82) is 0 Å². The normalized spacial score (nSPS) is 11.3.